The maximum Gasteiger partial charge on any atom is 0.416 e. The van der Waals surface area contributed by atoms with Crippen LogP contribution in [0.4, 0.5) is 18.9 Å². The van der Waals surface area contributed by atoms with Crippen molar-refractivity contribution in [3.05, 3.63) is 93.9 Å². The zero-order chi connectivity index (χ0) is 31.8. The van der Waals surface area contributed by atoms with Crippen molar-refractivity contribution in [2.75, 3.05) is 11.4 Å². The minimum absolute atomic E-state index is 0.0134. The van der Waals surface area contributed by atoms with E-state index in [2.05, 4.69) is 32.2 Å². The molecule has 2 aromatic carbocycles. The van der Waals surface area contributed by atoms with Crippen LogP contribution in [0.5, 0.6) is 0 Å². The fourth-order valence-corrected chi connectivity index (χ4v) is 7.94. The molecule has 1 amide bonds. The molecule has 1 fully saturated rings. The second kappa shape index (κ2) is 10.6. The van der Waals surface area contributed by atoms with Gasteiger partial charge in [-0.3, -0.25) is 14.7 Å². The molecule has 0 atom stereocenters. The van der Waals surface area contributed by atoms with Gasteiger partial charge in [-0.2, -0.15) is 13.2 Å². The molecule has 0 spiro atoms. The number of carbonyl (C=O) groups excluding carboxylic acids is 1. The van der Waals surface area contributed by atoms with Gasteiger partial charge < -0.3 is 9.47 Å². The minimum atomic E-state index is -4.61. The van der Waals surface area contributed by atoms with Gasteiger partial charge in [0.25, 0.3) is 5.91 Å². The molecule has 8 rings (SSSR count). The quantitative estimate of drug-likeness (QED) is 0.243. The second-order valence-corrected chi connectivity index (χ2v) is 13.5. The number of rotatable bonds is 6. The normalized spacial score (nSPS) is 21.4. The largest absolute Gasteiger partial charge is 0.416 e. The Kier molecular flexibility index (Phi) is 6.66. The summed E-state index contributed by atoms with van der Waals surface area (Å²) < 4.78 is 47.3. The van der Waals surface area contributed by atoms with E-state index in [-0.39, 0.29) is 29.6 Å². The van der Waals surface area contributed by atoms with Crippen molar-refractivity contribution < 1.29 is 18.0 Å². The van der Waals surface area contributed by atoms with E-state index in [0.717, 1.165) is 34.9 Å². The molecule has 0 unspecified atom stereocenters. The van der Waals surface area contributed by atoms with Crippen LogP contribution in [0, 0.1) is 5.92 Å². The van der Waals surface area contributed by atoms with Gasteiger partial charge in [0.1, 0.15) is 18.0 Å². The van der Waals surface area contributed by atoms with Crippen molar-refractivity contribution in [1.82, 2.24) is 39.4 Å². The number of benzene rings is 2. The van der Waals surface area contributed by atoms with E-state index >= 15 is 0 Å². The number of amides is 1. The average Bonchev–Trinajstić information content (AvgIpc) is 3.82. The summed E-state index contributed by atoms with van der Waals surface area (Å²) in [7, 11) is 1.91. The Morgan fingerprint density at radius 2 is 1.96 bits per heavy atom. The van der Waals surface area contributed by atoms with Crippen LogP contribution in [0.1, 0.15) is 64.0 Å². The van der Waals surface area contributed by atoms with Gasteiger partial charge in [-0.25, -0.2) is 9.67 Å². The molecule has 0 radical (unpaired) electrons. The SMILES string of the molecule is CC1CC(c2cccc(N3Cc4c(cc(CN5CCn6nc(-c7cncs7)nc6C5)cc4C(F)(F)F)C3=O)c2)(c2nncn2C)C1. The standard InChI is InChI=1S/C32H30F3N9OS/c1-19-11-31(12-19,30-39-37-17-41(30)2)21-4-3-5-22(10-21)43-15-24-23(29(43)45)8-20(9-25(24)32(33,34)35)14-42-6-7-44-27(16-42)38-28(40-44)26-13-36-18-46-26/h3-5,8-10,13,17-19H,6-7,11-12,14-16H2,1-2H3. The molecule has 46 heavy (non-hydrogen) atoms. The van der Waals surface area contributed by atoms with E-state index < -0.39 is 17.6 Å². The predicted molar refractivity (Wildman–Crippen MR) is 164 cm³/mol. The smallest absolute Gasteiger partial charge is 0.320 e. The average molecular weight is 646 g/mol. The molecule has 0 bridgehead atoms. The number of alkyl halides is 3. The highest BCUT2D eigenvalue weighted by molar-refractivity contribution is 7.13. The molecule has 10 nitrogen and oxygen atoms in total. The Labute approximate surface area is 266 Å². The topological polar surface area (TPSA) is 97.9 Å². The number of hydrogen-bond acceptors (Lipinski definition) is 8. The van der Waals surface area contributed by atoms with Crippen LogP contribution in [0.2, 0.25) is 0 Å². The molecule has 2 aliphatic heterocycles. The highest BCUT2D eigenvalue weighted by Gasteiger charge is 2.48. The summed E-state index contributed by atoms with van der Waals surface area (Å²) in [6, 6.07) is 10.4. The Morgan fingerprint density at radius 1 is 1.11 bits per heavy atom. The molecule has 14 heteroatoms. The van der Waals surface area contributed by atoms with Crippen LogP contribution < -0.4 is 4.90 Å². The lowest BCUT2D eigenvalue weighted by atomic mass is 9.58. The number of nitrogens with zero attached hydrogens (tertiary/aromatic N) is 9. The Morgan fingerprint density at radius 3 is 2.67 bits per heavy atom. The van der Waals surface area contributed by atoms with Gasteiger partial charge in [-0.1, -0.05) is 19.1 Å². The van der Waals surface area contributed by atoms with Crippen LogP contribution in [0.25, 0.3) is 10.7 Å². The lowest BCUT2D eigenvalue weighted by Gasteiger charge is -2.46. The maximum atomic E-state index is 14.5. The fourth-order valence-electron chi connectivity index (χ4n) is 7.40. The summed E-state index contributed by atoms with van der Waals surface area (Å²) in [5.41, 5.74) is 2.71. The van der Waals surface area contributed by atoms with E-state index in [1.807, 2.05) is 39.4 Å². The summed E-state index contributed by atoms with van der Waals surface area (Å²) in [6.07, 6.45) is 0.528. The van der Waals surface area contributed by atoms with Gasteiger partial charge in [0.05, 0.1) is 41.0 Å². The van der Waals surface area contributed by atoms with E-state index in [4.69, 9.17) is 0 Å². The van der Waals surface area contributed by atoms with Gasteiger partial charge in [0.15, 0.2) is 5.82 Å². The number of carbonyl (C=O) groups is 1. The van der Waals surface area contributed by atoms with E-state index in [9.17, 15) is 18.0 Å². The van der Waals surface area contributed by atoms with Gasteiger partial charge in [-0.05, 0) is 59.7 Å². The number of hydrogen-bond donors (Lipinski definition) is 0. The Bertz CT molecular complexity index is 1960. The van der Waals surface area contributed by atoms with E-state index in [1.165, 1.54) is 22.3 Å². The number of fused-ring (bicyclic) bond motifs is 2. The second-order valence-electron chi connectivity index (χ2n) is 12.6. The molecule has 5 aromatic rings. The van der Waals surface area contributed by atoms with Crippen molar-refractivity contribution in [2.45, 2.75) is 57.5 Å². The van der Waals surface area contributed by atoms with Gasteiger partial charge in [0.2, 0.25) is 0 Å². The minimum Gasteiger partial charge on any atom is -0.320 e. The highest BCUT2D eigenvalue weighted by atomic mass is 32.1. The van der Waals surface area contributed by atoms with Crippen molar-refractivity contribution in [3.8, 4) is 10.7 Å². The summed E-state index contributed by atoms with van der Waals surface area (Å²) in [5.74, 6) is 2.25. The first-order chi connectivity index (χ1) is 22.1. The summed E-state index contributed by atoms with van der Waals surface area (Å²) >= 11 is 1.45. The zero-order valence-corrected chi connectivity index (χ0v) is 26.0. The van der Waals surface area contributed by atoms with Crippen LogP contribution in [0.3, 0.4) is 0 Å². The lowest BCUT2D eigenvalue weighted by Crippen LogP contribution is -2.43. The van der Waals surface area contributed by atoms with Crippen LogP contribution in [-0.2, 0) is 44.8 Å². The number of halogens is 3. The van der Waals surface area contributed by atoms with E-state index in [1.54, 1.807) is 30.2 Å². The molecule has 236 valence electrons. The van der Waals surface area contributed by atoms with Crippen LogP contribution >= 0.6 is 11.3 Å². The Balaban J connectivity index is 1.08. The molecule has 0 N–H and O–H groups in total. The van der Waals surface area contributed by atoms with E-state index in [0.29, 0.717) is 42.6 Å². The van der Waals surface area contributed by atoms with Crippen molar-refractivity contribution in [2.24, 2.45) is 13.0 Å². The molecule has 1 aliphatic carbocycles. The van der Waals surface area contributed by atoms with Gasteiger partial charge >= 0.3 is 6.18 Å². The van der Waals surface area contributed by atoms with Crippen LogP contribution in [-0.4, -0.2) is 51.9 Å². The summed E-state index contributed by atoms with van der Waals surface area (Å²) in [5, 5.41) is 13.1. The third-order valence-corrected chi connectivity index (χ3v) is 10.2. The van der Waals surface area contributed by atoms with Crippen LogP contribution in [0.15, 0.2) is 54.4 Å². The summed E-state index contributed by atoms with van der Waals surface area (Å²) in [6.45, 7) is 3.88. The predicted octanol–water partition coefficient (Wildman–Crippen LogP) is 5.44. The number of anilines is 1. The number of aryl methyl sites for hydroxylation is 1. The molecule has 3 aliphatic rings. The third-order valence-electron chi connectivity index (χ3n) is 9.45. The summed E-state index contributed by atoms with van der Waals surface area (Å²) in [4.78, 5) is 27.0. The maximum absolute atomic E-state index is 14.5. The molecule has 3 aromatic heterocycles. The Hall–Kier alpha value is -4.43. The van der Waals surface area contributed by atoms with Crippen molar-refractivity contribution in [1.29, 1.82) is 0 Å². The molecular formula is C32H30F3N9OS. The van der Waals surface area contributed by atoms with Crippen molar-refractivity contribution in [3.63, 3.8) is 0 Å². The number of thiazole rings is 1. The molecule has 0 saturated heterocycles. The first-order valence-electron chi connectivity index (χ1n) is 15.1. The first kappa shape index (κ1) is 29.0. The first-order valence-corrected chi connectivity index (χ1v) is 16.0. The van der Waals surface area contributed by atoms with Crippen molar-refractivity contribution >= 4 is 22.9 Å². The van der Waals surface area contributed by atoms with Gasteiger partial charge in [0, 0.05) is 37.6 Å². The molecule has 5 heterocycles. The third kappa shape index (κ3) is 4.73. The molecular weight excluding hydrogens is 615 g/mol. The monoisotopic (exact) mass is 645 g/mol. The lowest BCUT2D eigenvalue weighted by molar-refractivity contribution is -0.138. The number of aromatic nitrogens is 7. The fraction of sp³-hybridized carbons (Fsp3) is 0.375. The molecule has 1 saturated carbocycles. The van der Waals surface area contributed by atoms with Gasteiger partial charge in [-0.15, -0.1) is 26.6 Å². The zero-order valence-electron chi connectivity index (χ0n) is 25.2. The highest BCUT2D eigenvalue weighted by Crippen LogP contribution is 2.52.